The van der Waals surface area contributed by atoms with Crippen molar-refractivity contribution in [1.29, 1.82) is 0 Å². The molecule has 0 spiro atoms. The van der Waals surface area contributed by atoms with Gasteiger partial charge in [0.05, 0.1) is 6.10 Å². The number of ether oxygens (including phenoxy) is 1. The zero-order chi connectivity index (χ0) is 14.7. The molecular weight excluding hydrogens is 254 g/mol. The number of carbonyl (C=O) groups is 1. The van der Waals surface area contributed by atoms with Crippen molar-refractivity contribution in [1.82, 2.24) is 14.7 Å². The average molecular weight is 279 g/mol. The molecule has 1 fully saturated rings. The molecule has 1 aromatic rings. The lowest BCUT2D eigenvalue weighted by atomic mass is 9.96. The number of piperidine rings is 1. The SMILES string of the molecule is CCO[C@H]1CCN(C(=O)c2ccn(C(C)C)n2)C[C@@H]1C. The zero-order valence-electron chi connectivity index (χ0n) is 12.9. The van der Waals surface area contributed by atoms with Crippen molar-refractivity contribution in [2.75, 3.05) is 19.7 Å². The van der Waals surface area contributed by atoms with Crippen LogP contribution in [0.2, 0.25) is 0 Å². The smallest absolute Gasteiger partial charge is 0.274 e. The van der Waals surface area contributed by atoms with E-state index in [0.29, 0.717) is 11.6 Å². The molecule has 2 rings (SSSR count). The molecule has 1 aliphatic rings. The largest absolute Gasteiger partial charge is 0.378 e. The third-order valence-electron chi connectivity index (χ3n) is 3.85. The summed E-state index contributed by atoms with van der Waals surface area (Å²) in [5.41, 5.74) is 0.542. The van der Waals surface area contributed by atoms with Gasteiger partial charge in [-0.3, -0.25) is 9.48 Å². The predicted octanol–water partition coefficient (Wildman–Crippen LogP) is 2.35. The maximum absolute atomic E-state index is 12.5. The number of carbonyl (C=O) groups excluding carboxylic acids is 1. The van der Waals surface area contributed by atoms with Crippen molar-refractivity contribution >= 4 is 5.91 Å². The van der Waals surface area contributed by atoms with Crippen LogP contribution in [0, 0.1) is 5.92 Å². The topological polar surface area (TPSA) is 47.4 Å². The van der Waals surface area contributed by atoms with Gasteiger partial charge in [-0.15, -0.1) is 0 Å². The summed E-state index contributed by atoms with van der Waals surface area (Å²) in [6.45, 7) is 10.5. The van der Waals surface area contributed by atoms with Crippen molar-refractivity contribution in [3.05, 3.63) is 18.0 Å². The van der Waals surface area contributed by atoms with Gasteiger partial charge in [0, 0.05) is 31.9 Å². The van der Waals surface area contributed by atoms with Crippen LogP contribution in [0.15, 0.2) is 12.3 Å². The van der Waals surface area contributed by atoms with Crippen molar-refractivity contribution in [2.24, 2.45) is 5.92 Å². The lowest BCUT2D eigenvalue weighted by Crippen LogP contribution is -2.46. The Hall–Kier alpha value is -1.36. The van der Waals surface area contributed by atoms with Gasteiger partial charge >= 0.3 is 0 Å². The molecule has 5 nitrogen and oxygen atoms in total. The molecule has 112 valence electrons. The van der Waals surface area contributed by atoms with E-state index in [9.17, 15) is 4.79 Å². The van der Waals surface area contributed by atoms with Gasteiger partial charge in [0.15, 0.2) is 0 Å². The number of nitrogens with zero attached hydrogens (tertiary/aromatic N) is 3. The number of amides is 1. The van der Waals surface area contributed by atoms with Crippen LogP contribution in [0.1, 0.15) is 50.6 Å². The van der Waals surface area contributed by atoms with E-state index in [2.05, 4.69) is 25.9 Å². The third-order valence-corrected chi connectivity index (χ3v) is 3.85. The van der Waals surface area contributed by atoms with Crippen LogP contribution >= 0.6 is 0 Å². The molecule has 20 heavy (non-hydrogen) atoms. The van der Waals surface area contributed by atoms with Crippen LogP contribution in [0.5, 0.6) is 0 Å². The normalized spacial score (nSPS) is 23.4. The van der Waals surface area contributed by atoms with Crippen molar-refractivity contribution in [3.63, 3.8) is 0 Å². The molecule has 0 N–H and O–H groups in total. The molecule has 1 aliphatic heterocycles. The molecule has 2 atom stereocenters. The number of likely N-dealkylation sites (tertiary alicyclic amines) is 1. The first-order valence-electron chi connectivity index (χ1n) is 7.49. The van der Waals surface area contributed by atoms with Gasteiger partial charge in [0.1, 0.15) is 5.69 Å². The highest BCUT2D eigenvalue weighted by Gasteiger charge is 2.30. The van der Waals surface area contributed by atoms with Crippen LogP contribution in [-0.4, -0.2) is 46.4 Å². The van der Waals surface area contributed by atoms with E-state index in [-0.39, 0.29) is 18.1 Å². The summed E-state index contributed by atoms with van der Waals surface area (Å²) >= 11 is 0. The van der Waals surface area contributed by atoms with Gasteiger partial charge in [-0.1, -0.05) is 6.92 Å². The molecule has 0 saturated carbocycles. The minimum atomic E-state index is 0.0335. The maximum atomic E-state index is 12.5. The highest BCUT2D eigenvalue weighted by atomic mass is 16.5. The van der Waals surface area contributed by atoms with Crippen LogP contribution < -0.4 is 0 Å². The molecule has 2 heterocycles. The molecule has 0 radical (unpaired) electrons. The fourth-order valence-corrected chi connectivity index (χ4v) is 2.67. The van der Waals surface area contributed by atoms with Crippen molar-refractivity contribution < 1.29 is 9.53 Å². The highest BCUT2D eigenvalue weighted by molar-refractivity contribution is 5.92. The van der Waals surface area contributed by atoms with Gasteiger partial charge < -0.3 is 9.64 Å². The third kappa shape index (κ3) is 3.20. The van der Waals surface area contributed by atoms with Crippen LogP contribution in [0.25, 0.3) is 0 Å². The molecule has 1 amide bonds. The fraction of sp³-hybridized carbons (Fsp3) is 0.733. The lowest BCUT2D eigenvalue weighted by Gasteiger charge is -2.36. The van der Waals surface area contributed by atoms with E-state index in [1.54, 1.807) is 0 Å². The number of aromatic nitrogens is 2. The standard InChI is InChI=1S/C15H25N3O2/c1-5-20-14-7-8-17(10-12(14)4)15(19)13-6-9-18(16-13)11(2)3/h6,9,11-12,14H,5,7-8,10H2,1-4H3/t12-,14-/m0/s1. The van der Waals surface area contributed by atoms with E-state index in [1.807, 2.05) is 28.8 Å². The fourth-order valence-electron chi connectivity index (χ4n) is 2.67. The molecule has 1 aromatic heterocycles. The van der Waals surface area contributed by atoms with E-state index in [4.69, 9.17) is 4.74 Å². The first-order chi connectivity index (χ1) is 9.52. The molecular formula is C15H25N3O2. The van der Waals surface area contributed by atoms with Crippen molar-refractivity contribution in [3.8, 4) is 0 Å². The molecule has 0 bridgehead atoms. The van der Waals surface area contributed by atoms with E-state index in [1.165, 1.54) is 0 Å². The van der Waals surface area contributed by atoms with Crippen molar-refractivity contribution in [2.45, 2.75) is 46.3 Å². The van der Waals surface area contributed by atoms with E-state index >= 15 is 0 Å². The molecule has 0 unspecified atom stereocenters. The first kappa shape index (κ1) is 15.0. The molecule has 1 saturated heterocycles. The van der Waals surface area contributed by atoms with Gasteiger partial charge in [0.25, 0.3) is 5.91 Å². The van der Waals surface area contributed by atoms with Gasteiger partial charge in [0.2, 0.25) is 0 Å². The Morgan fingerprint density at radius 3 is 2.85 bits per heavy atom. The lowest BCUT2D eigenvalue weighted by molar-refractivity contribution is -0.0180. The first-order valence-corrected chi connectivity index (χ1v) is 7.49. The molecule has 0 aromatic carbocycles. The Balaban J connectivity index is 1.99. The minimum absolute atomic E-state index is 0.0335. The Labute approximate surface area is 120 Å². The van der Waals surface area contributed by atoms with Crippen LogP contribution in [-0.2, 0) is 4.74 Å². The Kier molecular flexibility index (Phi) is 4.81. The minimum Gasteiger partial charge on any atom is -0.378 e. The number of hydrogen-bond acceptors (Lipinski definition) is 3. The Bertz CT molecular complexity index is 456. The summed E-state index contributed by atoms with van der Waals surface area (Å²) in [5, 5.41) is 4.36. The van der Waals surface area contributed by atoms with Crippen LogP contribution in [0.3, 0.4) is 0 Å². The molecule has 5 heteroatoms. The second-order valence-corrected chi connectivity index (χ2v) is 5.79. The Morgan fingerprint density at radius 1 is 1.55 bits per heavy atom. The summed E-state index contributed by atoms with van der Waals surface area (Å²) < 4.78 is 7.53. The van der Waals surface area contributed by atoms with Crippen LogP contribution in [0.4, 0.5) is 0 Å². The molecule has 0 aliphatic carbocycles. The second-order valence-electron chi connectivity index (χ2n) is 5.79. The maximum Gasteiger partial charge on any atom is 0.274 e. The summed E-state index contributed by atoms with van der Waals surface area (Å²) in [5.74, 6) is 0.408. The van der Waals surface area contributed by atoms with Gasteiger partial charge in [-0.05, 0) is 39.2 Å². The summed E-state index contributed by atoms with van der Waals surface area (Å²) in [4.78, 5) is 14.4. The number of hydrogen-bond donors (Lipinski definition) is 0. The van der Waals surface area contributed by atoms with E-state index < -0.39 is 0 Å². The van der Waals surface area contributed by atoms with E-state index in [0.717, 1.165) is 26.1 Å². The van der Waals surface area contributed by atoms with Gasteiger partial charge in [-0.25, -0.2) is 0 Å². The predicted molar refractivity (Wildman–Crippen MR) is 77.7 cm³/mol. The summed E-state index contributed by atoms with van der Waals surface area (Å²) in [6.07, 6.45) is 3.05. The average Bonchev–Trinajstić information content (AvgIpc) is 2.90. The zero-order valence-corrected chi connectivity index (χ0v) is 12.9. The van der Waals surface area contributed by atoms with Gasteiger partial charge in [-0.2, -0.15) is 5.10 Å². The Morgan fingerprint density at radius 2 is 2.30 bits per heavy atom. The monoisotopic (exact) mass is 279 g/mol. The summed E-state index contributed by atoms with van der Waals surface area (Å²) in [7, 11) is 0. The summed E-state index contributed by atoms with van der Waals surface area (Å²) in [6, 6.07) is 2.08. The highest BCUT2D eigenvalue weighted by Crippen LogP contribution is 2.21. The number of rotatable bonds is 4. The second kappa shape index (κ2) is 6.39. The quantitative estimate of drug-likeness (QED) is 0.850.